The summed E-state index contributed by atoms with van der Waals surface area (Å²) in [6.07, 6.45) is 5.10. The SMILES string of the molecule is CCC1CN(Cc2cc(C(CC(=O)Nc3cnc(OC)nc3)c3ccc4c(nnn4CC)c3C)ccc2C)S(O)(O)c2cccnc2O1. The van der Waals surface area contributed by atoms with Gasteiger partial charge in [0.2, 0.25) is 11.8 Å². The number of benzene rings is 2. The van der Waals surface area contributed by atoms with E-state index in [1.54, 1.807) is 22.6 Å². The smallest absolute Gasteiger partial charge is 0.316 e. The molecule has 3 N–H and O–H groups in total. The van der Waals surface area contributed by atoms with E-state index in [2.05, 4.69) is 36.6 Å². The highest BCUT2D eigenvalue weighted by Crippen LogP contribution is 2.57. The lowest BCUT2D eigenvalue weighted by Crippen LogP contribution is -2.34. The maximum atomic E-state index is 13.6. The Morgan fingerprint density at radius 2 is 1.92 bits per heavy atom. The number of ether oxygens (including phenoxy) is 2. The molecular formula is C34H40N8O5S. The van der Waals surface area contributed by atoms with Crippen LogP contribution in [0.25, 0.3) is 11.0 Å². The maximum absolute atomic E-state index is 13.6. The monoisotopic (exact) mass is 672 g/mol. The second-order valence-corrected chi connectivity index (χ2v) is 13.8. The first-order chi connectivity index (χ1) is 23.1. The first-order valence-electron chi connectivity index (χ1n) is 15.9. The van der Waals surface area contributed by atoms with E-state index in [-0.39, 0.29) is 47.7 Å². The summed E-state index contributed by atoms with van der Waals surface area (Å²) in [5.74, 6) is -0.335. The van der Waals surface area contributed by atoms with Crippen molar-refractivity contribution in [2.24, 2.45) is 0 Å². The van der Waals surface area contributed by atoms with Crippen LogP contribution in [-0.2, 0) is 17.9 Å². The van der Waals surface area contributed by atoms with Gasteiger partial charge in [0, 0.05) is 31.6 Å². The van der Waals surface area contributed by atoms with Crippen molar-refractivity contribution < 1.29 is 23.4 Å². The lowest BCUT2D eigenvalue weighted by molar-refractivity contribution is -0.116. The normalized spacial score (nSPS) is 17.2. The van der Waals surface area contributed by atoms with E-state index >= 15 is 0 Å². The van der Waals surface area contributed by atoms with Crippen molar-refractivity contribution in [3.8, 4) is 11.9 Å². The number of hydrogen-bond donors (Lipinski definition) is 3. The quantitative estimate of drug-likeness (QED) is 0.157. The summed E-state index contributed by atoms with van der Waals surface area (Å²) in [5.41, 5.74) is 6.83. The van der Waals surface area contributed by atoms with Gasteiger partial charge in [-0.15, -0.1) is 15.9 Å². The van der Waals surface area contributed by atoms with E-state index < -0.39 is 10.8 Å². The molecule has 0 saturated carbocycles. The van der Waals surface area contributed by atoms with E-state index in [4.69, 9.17) is 9.47 Å². The molecule has 4 heterocycles. The molecule has 2 unspecified atom stereocenters. The molecule has 13 nitrogen and oxygen atoms in total. The minimum atomic E-state index is -3.41. The summed E-state index contributed by atoms with van der Waals surface area (Å²) >= 11 is 0. The topological polar surface area (TPSA) is 161 Å². The summed E-state index contributed by atoms with van der Waals surface area (Å²) in [5, 5.41) is 11.7. The van der Waals surface area contributed by atoms with E-state index in [0.717, 1.165) is 38.9 Å². The van der Waals surface area contributed by atoms with Crippen LogP contribution in [0.1, 0.15) is 60.4 Å². The lowest BCUT2D eigenvalue weighted by Gasteiger charge is -2.41. The molecule has 0 radical (unpaired) electrons. The number of carbonyl (C=O) groups excluding carboxylic acids is 1. The zero-order valence-corrected chi connectivity index (χ0v) is 28.4. The van der Waals surface area contributed by atoms with Gasteiger partial charge in [-0.3, -0.25) is 13.9 Å². The van der Waals surface area contributed by atoms with Crippen molar-refractivity contribution in [2.75, 3.05) is 19.0 Å². The van der Waals surface area contributed by atoms with Crippen molar-refractivity contribution in [1.29, 1.82) is 0 Å². The Kier molecular flexibility index (Phi) is 9.60. The van der Waals surface area contributed by atoms with Crippen molar-refractivity contribution in [3.05, 3.63) is 88.9 Å². The predicted octanol–water partition coefficient (Wildman–Crippen LogP) is 6.12. The molecule has 2 atom stereocenters. The number of methoxy groups -OCH3 is 1. The zero-order valence-electron chi connectivity index (χ0n) is 27.6. The van der Waals surface area contributed by atoms with Crippen LogP contribution in [-0.4, -0.2) is 69.0 Å². The van der Waals surface area contributed by atoms with Gasteiger partial charge >= 0.3 is 6.01 Å². The Morgan fingerprint density at radius 3 is 2.65 bits per heavy atom. The second-order valence-electron chi connectivity index (χ2n) is 11.8. The Balaban J connectivity index is 1.38. The van der Waals surface area contributed by atoms with Gasteiger partial charge in [0.25, 0.3) is 0 Å². The number of aryl methyl sites for hydroxylation is 3. The summed E-state index contributed by atoms with van der Waals surface area (Å²) in [6, 6.07) is 13.7. The number of nitrogens with zero attached hydrogens (tertiary/aromatic N) is 7. The number of rotatable bonds is 10. The molecule has 1 aliphatic heterocycles. The highest BCUT2D eigenvalue weighted by Gasteiger charge is 2.36. The fourth-order valence-corrected chi connectivity index (χ4v) is 7.63. The second kappa shape index (κ2) is 13.8. The molecule has 0 aliphatic carbocycles. The first kappa shape index (κ1) is 33.3. The fraction of sp³-hybridized carbons (Fsp3) is 0.353. The fourth-order valence-electron chi connectivity index (χ4n) is 6.06. The predicted molar refractivity (Wildman–Crippen MR) is 183 cm³/mol. The first-order valence-corrected chi connectivity index (χ1v) is 17.4. The van der Waals surface area contributed by atoms with Crippen LogP contribution in [0.5, 0.6) is 11.9 Å². The molecule has 1 amide bonds. The number of hydrogen-bond acceptors (Lipinski definition) is 11. The third-order valence-corrected chi connectivity index (χ3v) is 10.7. The largest absolute Gasteiger partial charge is 0.472 e. The van der Waals surface area contributed by atoms with Crippen LogP contribution in [0.3, 0.4) is 0 Å². The van der Waals surface area contributed by atoms with Gasteiger partial charge in [-0.2, -0.15) is 4.31 Å². The molecule has 1 aliphatic rings. The maximum Gasteiger partial charge on any atom is 0.316 e. The van der Waals surface area contributed by atoms with Crippen molar-refractivity contribution in [1.82, 2.24) is 34.3 Å². The van der Waals surface area contributed by atoms with Crippen molar-refractivity contribution >= 4 is 33.4 Å². The van der Waals surface area contributed by atoms with Crippen LogP contribution < -0.4 is 14.8 Å². The standard InChI is InChI=1S/C34H40N8O5S/c1-6-26-20-41(48(44,45)30-9-8-14-35-33(30)47-26)19-24-15-23(11-10-21(24)3)28(16-31(43)38-25-17-36-34(46-5)37-18-25)27-12-13-29-32(22(27)4)39-40-42(29)7-2/h8-15,17-18,26,28,44-45H,6-7,16,19-20H2,1-5H3,(H,38,43). The highest BCUT2D eigenvalue weighted by atomic mass is 32.3. The molecule has 0 spiro atoms. The number of carbonyl (C=O) groups is 1. The molecule has 48 heavy (non-hydrogen) atoms. The highest BCUT2D eigenvalue weighted by molar-refractivity contribution is 8.22. The molecule has 0 fully saturated rings. The third kappa shape index (κ3) is 6.56. The van der Waals surface area contributed by atoms with E-state index in [1.165, 1.54) is 19.5 Å². The number of pyridine rings is 1. The summed E-state index contributed by atoms with van der Waals surface area (Å²) in [6.45, 7) is 9.26. The number of anilines is 1. The lowest BCUT2D eigenvalue weighted by atomic mass is 9.84. The van der Waals surface area contributed by atoms with E-state index in [0.29, 0.717) is 25.2 Å². The summed E-state index contributed by atoms with van der Waals surface area (Å²) < 4.78 is 37.9. The van der Waals surface area contributed by atoms with Crippen LogP contribution in [0.2, 0.25) is 0 Å². The zero-order chi connectivity index (χ0) is 34.0. The van der Waals surface area contributed by atoms with Crippen LogP contribution >= 0.6 is 10.8 Å². The summed E-state index contributed by atoms with van der Waals surface area (Å²) in [7, 11) is -1.93. The molecule has 5 aromatic rings. The van der Waals surface area contributed by atoms with E-state index in [9.17, 15) is 13.9 Å². The molecule has 0 bridgehead atoms. The molecule has 6 rings (SSSR count). The Hall–Kier alpha value is -4.63. The van der Waals surface area contributed by atoms with Gasteiger partial charge in [-0.1, -0.05) is 36.4 Å². The molecular weight excluding hydrogens is 632 g/mol. The number of nitrogens with one attached hydrogen (secondary N) is 1. The average molecular weight is 673 g/mol. The Bertz CT molecular complexity index is 1930. The molecule has 14 heteroatoms. The summed E-state index contributed by atoms with van der Waals surface area (Å²) in [4.78, 5) is 26.4. The van der Waals surface area contributed by atoms with Gasteiger partial charge in [-0.25, -0.2) is 19.6 Å². The van der Waals surface area contributed by atoms with Gasteiger partial charge in [0.1, 0.15) is 16.5 Å². The number of amides is 1. The number of fused-ring (bicyclic) bond motifs is 2. The van der Waals surface area contributed by atoms with Gasteiger partial charge < -0.3 is 14.8 Å². The van der Waals surface area contributed by atoms with Crippen molar-refractivity contribution in [3.63, 3.8) is 0 Å². The number of aromatic nitrogens is 6. The molecule has 2 aromatic carbocycles. The van der Waals surface area contributed by atoms with Gasteiger partial charge in [0.05, 0.1) is 37.3 Å². The van der Waals surface area contributed by atoms with Crippen LogP contribution in [0.4, 0.5) is 5.69 Å². The van der Waals surface area contributed by atoms with Gasteiger partial charge in [0.15, 0.2) is 0 Å². The van der Waals surface area contributed by atoms with Gasteiger partial charge in [-0.05, 0) is 73.2 Å². The van der Waals surface area contributed by atoms with Crippen LogP contribution in [0.15, 0.2) is 66.0 Å². The average Bonchev–Trinajstić information content (AvgIpc) is 3.48. The van der Waals surface area contributed by atoms with Crippen molar-refractivity contribution in [2.45, 2.75) is 70.5 Å². The van der Waals surface area contributed by atoms with E-state index in [1.807, 2.05) is 56.6 Å². The minimum Gasteiger partial charge on any atom is -0.472 e. The Labute approximate surface area is 280 Å². The minimum absolute atomic E-state index is 0.118. The Morgan fingerprint density at radius 1 is 1.12 bits per heavy atom. The molecule has 0 saturated heterocycles. The van der Waals surface area contributed by atoms with Crippen LogP contribution in [0, 0.1) is 13.8 Å². The molecule has 3 aromatic heterocycles. The third-order valence-electron chi connectivity index (χ3n) is 8.80. The molecule has 252 valence electrons.